The molecule has 0 aliphatic heterocycles. The van der Waals surface area contributed by atoms with Crippen molar-refractivity contribution in [2.45, 2.75) is 20.4 Å². The Bertz CT molecular complexity index is 510. The Morgan fingerprint density at radius 1 is 1.28 bits per heavy atom. The van der Waals surface area contributed by atoms with E-state index in [1.54, 1.807) is 11.0 Å². The predicted octanol–water partition coefficient (Wildman–Crippen LogP) is 2.32. The maximum Gasteiger partial charge on any atom is 0.0969 e. The van der Waals surface area contributed by atoms with E-state index in [2.05, 4.69) is 35.4 Å². The Labute approximate surface area is 107 Å². The van der Waals surface area contributed by atoms with Crippen molar-refractivity contribution in [2.24, 2.45) is 0 Å². The number of aromatic nitrogens is 3. The van der Waals surface area contributed by atoms with Gasteiger partial charge in [0, 0.05) is 13.1 Å². The zero-order chi connectivity index (χ0) is 12.8. The molecule has 1 N–H and O–H groups in total. The molecular formula is C14H18N4. The molecule has 0 unspecified atom stereocenters. The van der Waals surface area contributed by atoms with Crippen LogP contribution in [0.3, 0.4) is 0 Å². The minimum absolute atomic E-state index is 0.733. The van der Waals surface area contributed by atoms with Gasteiger partial charge in [0.1, 0.15) is 0 Å². The summed E-state index contributed by atoms with van der Waals surface area (Å²) in [5.74, 6) is 0. The molecule has 1 heterocycles. The van der Waals surface area contributed by atoms with Crippen LogP contribution in [0.25, 0.3) is 5.69 Å². The average Bonchev–Trinajstić information content (AvgIpc) is 2.84. The summed E-state index contributed by atoms with van der Waals surface area (Å²) >= 11 is 0. The first-order chi connectivity index (χ1) is 8.75. The van der Waals surface area contributed by atoms with E-state index in [4.69, 9.17) is 0 Å². The molecule has 4 nitrogen and oxygen atoms in total. The molecule has 0 atom stereocenters. The van der Waals surface area contributed by atoms with E-state index < -0.39 is 0 Å². The molecule has 0 fully saturated rings. The Kier molecular flexibility index (Phi) is 4.25. The monoisotopic (exact) mass is 242 g/mol. The summed E-state index contributed by atoms with van der Waals surface area (Å²) in [6.07, 6.45) is 3.95. The van der Waals surface area contributed by atoms with E-state index in [0.29, 0.717) is 0 Å². The van der Waals surface area contributed by atoms with Crippen LogP contribution in [0.2, 0.25) is 0 Å². The fraction of sp³-hybridized carbons (Fsp3) is 0.286. The summed E-state index contributed by atoms with van der Waals surface area (Å²) in [5, 5.41) is 12.0. The predicted molar refractivity (Wildman–Crippen MR) is 72.5 cm³/mol. The highest BCUT2D eigenvalue weighted by molar-refractivity contribution is 5.28. The molecule has 1 aromatic heterocycles. The minimum Gasteiger partial charge on any atom is -0.308 e. The smallest absolute Gasteiger partial charge is 0.0969 e. The number of para-hydroxylation sites is 1. The standard InChI is InChI=1S/C14H18N4/c1-12(2)8-9-15-10-13-11-16-18(17-13)14-6-4-3-5-7-14/h3-8,11,15H,9-10H2,1-2H3. The summed E-state index contributed by atoms with van der Waals surface area (Å²) in [5.41, 5.74) is 3.24. The van der Waals surface area contributed by atoms with Crippen LogP contribution in [0.1, 0.15) is 19.5 Å². The lowest BCUT2D eigenvalue weighted by Crippen LogP contribution is -2.13. The van der Waals surface area contributed by atoms with Gasteiger partial charge < -0.3 is 5.32 Å². The van der Waals surface area contributed by atoms with Crippen molar-refractivity contribution in [2.75, 3.05) is 6.54 Å². The zero-order valence-corrected chi connectivity index (χ0v) is 10.8. The summed E-state index contributed by atoms with van der Waals surface area (Å²) in [6, 6.07) is 9.91. The highest BCUT2D eigenvalue weighted by Gasteiger charge is 2.01. The van der Waals surface area contributed by atoms with Gasteiger partial charge in [-0.25, -0.2) is 0 Å². The summed E-state index contributed by atoms with van der Waals surface area (Å²) in [6.45, 7) is 5.78. The molecule has 0 radical (unpaired) electrons. The summed E-state index contributed by atoms with van der Waals surface area (Å²) in [4.78, 5) is 1.65. The molecule has 1 aromatic carbocycles. The number of allylic oxidation sites excluding steroid dienone is 1. The van der Waals surface area contributed by atoms with E-state index in [9.17, 15) is 0 Å². The van der Waals surface area contributed by atoms with Crippen molar-refractivity contribution in [3.63, 3.8) is 0 Å². The third kappa shape index (κ3) is 3.53. The van der Waals surface area contributed by atoms with Gasteiger partial charge in [-0.15, -0.1) is 0 Å². The number of hydrogen-bond donors (Lipinski definition) is 1. The fourth-order valence-corrected chi connectivity index (χ4v) is 1.54. The highest BCUT2D eigenvalue weighted by atomic mass is 15.5. The molecule has 0 saturated carbocycles. The quantitative estimate of drug-likeness (QED) is 0.646. The number of benzene rings is 1. The molecule has 0 aliphatic rings. The van der Waals surface area contributed by atoms with Crippen molar-refractivity contribution in [3.05, 3.63) is 53.9 Å². The summed E-state index contributed by atoms with van der Waals surface area (Å²) < 4.78 is 0. The van der Waals surface area contributed by atoms with Gasteiger partial charge in [0.05, 0.1) is 17.6 Å². The topological polar surface area (TPSA) is 42.7 Å². The number of rotatable bonds is 5. The number of hydrogen-bond acceptors (Lipinski definition) is 3. The van der Waals surface area contributed by atoms with E-state index in [1.807, 2.05) is 30.3 Å². The zero-order valence-electron chi connectivity index (χ0n) is 10.8. The van der Waals surface area contributed by atoms with Crippen molar-refractivity contribution in [1.82, 2.24) is 20.3 Å². The Morgan fingerprint density at radius 3 is 2.78 bits per heavy atom. The molecule has 0 bridgehead atoms. The molecule has 0 spiro atoms. The van der Waals surface area contributed by atoms with Crippen LogP contribution in [0, 0.1) is 0 Å². The first-order valence-electron chi connectivity index (χ1n) is 6.06. The van der Waals surface area contributed by atoms with Crippen molar-refractivity contribution >= 4 is 0 Å². The first kappa shape index (κ1) is 12.5. The van der Waals surface area contributed by atoms with E-state index in [1.165, 1.54) is 5.57 Å². The molecule has 2 rings (SSSR count). The number of nitrogens with one attached hydrogen (secondary N) is 1. The Hall–Kier alpha value is -1.94. The Balaban J connectivity index is 1.93. The van der Waals surface area contributed by atoms with Crippen molar-refractivity contribution in [1.29, 1.82) is 0 Å². The second kappa shape index (κ2) is 6.12. The maximum atomic E-state index is 4.42. The molecule has 2 aromatic rings. The second-order valence-electron chi connectivity index (χ2n) is 4.37. The lowest BCUT2D eigenvalue weighted by Gasteiger charge is -1.99. The van der Waals surface area contributed by atoms with E-state index in [0.717, 1.165) is 24.5 Å². The van der Waals surface area contributed by atoms with Crippen LogP contribution in [0.4, 0.5) is 0 Å². The highest BCUT2D eigenvalue weighted by Crippen LogP contribution is 2.03. The molecule has 18 heavy (non-hydrogen) atoms. The van der Waals surface area contributed by atoms with Gasteiger partial charge in [-0.2, -0.15) is 15.0 Å². The van der Waals surface area contributed by atoms with Crippen molar-refractivity contribution < 1.29 is 0 Å². The molecule has 0 saturated heterocycles. The third-order valence-corrected chi connectivity index (χ3v) is 2.49. The van der Waals surface area contributed by atoms with Crippen LogP contribution in [-0.2, 0) is 6.54 Å². The molecule has 94 valence electrons. The average molecular weight is 242 g/mol. The van der Waals surface area contributed by atoms with Crippen LogP contribution >= 0.6 is 0 Å². The van der Waals surface area contributed by atoms with Crippen LogP contribution in [-0.4, -0.2) is 21.5 Å². The molecule has 4 heteroatoms. The fourth-order valence-electron chi connectivity index (χ4n) is 1.54. The van der Waals surface area contributed by atoms with Crippen LogP contribution in [0.15, 0.2) is 48.2 Å². The van der Waals surface area contributed by atoms with Gasteiger partial charge in [-0.1, -0.05) is 29.8 Å². The van der Waals surface area contributed by atoms with Crippen LogP contribution in [0.5, 0.6) is 0 Å². The lowest BCUT2D eigenvalue weighted by molar-refractivity contribution is 0.698. The van der Waals surface area contributed by atoms with Gasteiger partial charge in [0.2, 0.25) is 0 Å². The molecule has 0 amide bonds. The molecular weight excluding hydrogens is 224 g/mol. The van der Waals surface area contributed by atoms with Crippen molar-refractivity contribution in [3.8, 4) is 5.69 Å². The SMILES string of the molecule is CC(C)=CCNCc1cnn(-c2ccccc2)n1. The van der Waals surface area contributed by atoms with Gasteiger partial charge >= 0.3 is 0 Å². The van der Waals surface area contributed by atoms with Crippen LogP contribution < -0.4 is 5.32 Å². The number of nitrogens with zero attached hydrogens (tertiary/aromatic N) is 3. The van der Waals surface area contributed by atoms with E-state index in [-0.39, 0.29) is 0 Å². The molecule has 0 aliphatic carbocycles. The lowest BCUT2D eigenvalue weighted by atomic mass is 10.3. The first-order valence-corrected chi connectivity index (χ1v) is 6.06. The van der Waals surface area contributed by atoms with Gasteiger partial charge in [-0.3, -0.25) is 0 Å². The minimum atomic E-state index is 0.733. The Morgan fingerprint density at radius 2 is 2.06 bits per heavy atom. The van der Waals surface area contributed by atoms with Gasteiger partial charge in [0.25, 0.3) is 0 Å². The van der Waals surface area contributed by atoms with E-state index >= 15 is 0 Å². The van der Waals surface area contributed by atoms with Gasteiger partial charge in [0.15, 0.2) is 0 Å². The summed E-state index contributed by atoms with van der Waals surface area (Å²) in [7, 11) is 0. The third-order valence-electron chi connectivity index (χ3n) is 2.49. The van der Waals surface area contributed by atoms with Gasteiger partial charge in [-0.05, 0) is 26.0 Å². The maximum absolute atomic E-state index is 4.42. The second-order valence-corrected chi connectivity index (χ2v) is 4.37. The normalized spacial score (nSPS) is 10.3. The largest absolute Gasteiger partial charge is 0.308 e.